The lowest BCUT2D eigenvalue weighted by molar-refractivity contribution is 0.447. The van der Waals surface area contributed by atoms with Gasteiger partial charge in [0.15, 0.2) is 17.5 Å². The molecular weight excluding hydrogens is 395 g/mol. The Hall–Kier alpha value is -3.47. The number of hydrogen-bond acceptors (Lipinski definition) is 0. The first-order chi connectivity index (χ1) is 14.3. The summed E-state index contributed by atoms with van der Waals surface area (Å²) in [6.45, 7) is 3.82. The number of allylic oxidation sites excluding steroid dienone is 4. The highest BCUT2D eigenvalue weighted by molar-refractivity contribution is 5.85. The molecule has 0 radical (unpaired) electrons. The maximum absolute atomic E-state index is 14.8. The van der Waals surface area contributed by atoms with Crippen LogP contribution in [0.4, 0.5) is 22.0 Å². The van der Waals surface area contributed by atoms with Gasteiger partial charge < -0.3 is 0 Å². The number of rotatable bonds is 2. The highest BCUT2D eigenvalue weighted by Crippen LogP contribution is 2.34. The summed E-state index contributed by atoms with van der Waals surface area (Å²) < 4.78 is 69.5. The van der Waals surface area contributed by atoms with Crippen LogP contribution in [0.2, 0.25) is 0 Å². The lowest BCUT2D eigenvalue weighted by Crippen LogP contribution is -2.10. The van der Waals surface area contributed by atoms with Gasteiger partial charge in [0.25, 0.3) is 0 Å². The summed E-state index contributed by atoms with van der Waals surface area (Å²) in [5.41, 5.74) is 1.05. The molecule has 1 aliphatic carbocycles. The average molecular weight is 410 g/mol. The standard InChI is InChI=1S/C25H15F5/c1-14-2-4-15(5-3-14)16-6-8-19(21(26)10-16)17-7-9-20(22(27)11-17)18-12-23(28)25(30)24(29)13-18/h2-5,7-13H,1,6H2. The van der Waals surface area contributed by atoms with Gasteiger partial charge in [0.2, 0.25) is 0 Å². The van der Waals surface area contributed by atoms with Crippen molar-refractivity contribution in [1.82, 2.24) is 0 Å². The van der Waals surface area contributed by atoms with E-state index < -0.39 is 29.1 Å². The summed E-state index contributed by atoms with van der Waals surface area (Å²) in [7, 11) is 0. The Morgan fingerprint density at radius 1 is 0.700 bits per heavy atom. The van der Waals surface area contributed by atoms with Crippen LogP contribution in [-0.2, 0) is 0 Å². The Bertz CT molecular complexity index is 1290. The van der Waals surface area contributed by atoms with E-state index in [2.05, 4.69) is 6.58 Å². The van der Waals surface area contributed by atoms with Gasteiger partial charge in [-0.05, 0) is 57.8 Å². The molecule has 0 saturated carbocycles. The van der Waals surface area contributed by atoms with Crippen LogP contribution in [0.15, 0.2) is 72.6 Å². The zero-order chi connectivity index (χ0) is 21.4. The summed E-state index contributed by atoms with van der Waals surface area (Å²) in [6.07, 6.45) is 3.52. The molecule has 0 saturated heterocycles. The Kier molecular flexibility index (Phi) is 5.12. The predicted octanol–water partition coefficient (Wildman–Crippen LogP) is 5.81. The average Bonchev–Trinajstić information content (AvgIpc) is 2.72. The molecule has 30 heavy (non-hydrogen) atoms. The summed E-state index contributed by atoms with van der Waals surface area (Å²) in [6, 6.07) is 12.7. The molecule has 3 aromatic rings. The van der Waals surface area contributed by atoms with Crippen molar-refractivity contribution in [3.63, 3.8) is 0 Å². The second-order valence-corrected chi connectivity index (χ2v) is 6.98. The van der Waals surface area contributed by atoms with Crippen molar-refractivity contribution in [2.45, 2.75) is 6.42 Å². The first-order valence-corrected chi connectivity index (χ1v) is 9.14. The van der Waals surface area contributed by atoms with Crippen LogP contribution in [0.3, 0.4) is 0 Å². The van der Waals surface area contributed by atoms with E-state index in [4.69, 9.17) is 0 Å². The van der Waals surface area contributed by atoms with Crippen molar-refractivity contribution >= 4 is 17.7 Å². The van der Waals surface area contributed by atoms with Crippen LogP contribution in [0.1, 0.15) is 12.0 Å². The lowest BCUT2D eigenvalue weighted by Gasteiger charge is -2.14. The normalized spacial score (nSPS) is 13.8. The minimum atomic E-state index is -1.62. The van der Waals surface area contributed by atoms with Crippen molar-refractivity contribution < 1.29 is 22.0 Å². The van der Waals surface area contributed by atoms with E-state index in [1.165, 1.54) is 18.2 Å². The fourth-order valence-corrected chi connectivity index (χ4v) is 3.40. The molecule has 0 aliphatic heterocycles. The largest absolute Gasteiger partial charge is 0.206 e. The maximum Gasteiger partial charge on any atom is 0.194 e. The van der Waals surface area contributed by atoms with Crippen molar-refractivity contribution in [2.24, 2.45) is 0 Å². The van der Waals surface area contributed by atoms with Crippen LogP contribution < -0.4 is 10.4 Å². The summed E-state index contributed by atoms with van der Waals surface area (Å²) in [4.78, 5) is 0. The van der Waals surface area contributed by atoms with Crippen LogP contribution in [-0.4, -0.2) is 0 Å². The highest BCUT2D eigenvalue weighted by Gasteiger charge is 2.18. The Balaban J connectivity index is 1.69. The van der Waals surface area contributed by atoms with Crippen LogP contribution >= 0.6 is 0 Å². The van der Waals surface area contributed by atoms with E-state index in [0.717, 1.165) is 34.2 Å². The third-order valence-electron chi connectivity index (χ3n) is 4.98. The van der Waals surface area contributed by atoms with E-state index in [1.54, 1.807) is 6.08 Å². The van der Waals surface area contributed by atoms with Gasteiger partial charge in [-0.1, -0.05) is 49.1 Å². The van der Waals surface area contributed by atoms with Gasteiger partial charge >= 0.3 is 0 Å². The molecule has 0 amide bonds. The molecular formula is C25H15F5. The summed E-state index contributed by atoms with van der Waals surface area (Å²) >= 11 is 0. The maximum atomic E-state index is 14.8. The van der Waals surface area contributed by atoms with E-state index >= 15 is 0 Å². The second kappa shape index (κ2) is 7.75. The van der Waals surface area contributed by atoms with E-state index in [1.807, 2.05) is 24.3 Å². The van der Waals surface area contributed by atoms with Crippen LogP contribution in [0.25, 0.3) is 28.9 Å². The molecule has 0 aromatic heterocycles. The molecule has 5 heteroatoms. The third-order valence-corrected chi connectivity index (χ3v) is 4.98. The topological polar surface area (TPSA) is 0 Å². The van der Waals surface area contributed by atoms with Gasteiger partial charge in [0.05, 0.1) is 0 Å². The highest BCUT2D eigenvalue weighted by atomic mass is 19.2. The Morgan fingerprint density at radius 2 is 1.33 bits per heavy atom. The zero-order valence-electron chi connectivity index (χ0n) is 15.7. The van der Waals surface area contributed by atoms with E-state index in [-0.39, 0.29) is 16.7 Å². The fourth-order valence-electron chi connectivity index (χ4n) is 3.40. The SMILES string of the molecule is C=c1ccc(=C2C=C(F)C(c3ccc(-c4cc(F)c(F)c(F)c4)c(F)c3)=CC2)cc1. The molecule has 0 nitrogen and oxygen atoms in total. The molecule has 0 bridgehead atoms. The predicted molar refractivity (Wildman–Crippen MR) is 108 cm³/mol. The van der Waals surface area contributed by atoms with Crippen molar-refractivity contribution in [3.8, 4) is 11.1 Å². The fraction of sp³-hybridized carbons (Fsp3) is 0.0400. The first kappa shape index (κ1) is 19.8. The van der Waals surface area contributed by atoms with E-state index in [9.17, 15) is 22.0 Å². The van der Waals surface area contributed by atoms with Gasteiger partial charge in [-0.15, -0.1) is 0 Å². The Morgan fingerprint density at radius 3 is 1.93 bits per heavy atom. The molecule has 0 N–H and O–H groups in total. The van der Waals surface area contributed by atoms with Crippen molar-refractivity contribution in [1.29, 1.82) is 0 Å². The molecule has 0 atom stereocenters. The van der Waals surface area contributed by atoms with Gasteiger partial charge in [-0.3, -0.25) is 0 Å². The minimum absolute atomic E-state index is 0.113. The molecule has 0 spiro atoms. The monoisotopic (exact) mass is 410 g/mol. The molecule has 1 aliphatic rings. The van der Waals surface area contributed by atoms with Crippen LogP contribution in [0, 0.1) is 23.3 Å². The molecule has 0 unspecified atom stereocenters. The number of benzene rings is 3. The minimum Gasteiger partial charge on any atom is -0.206 e. The smallest absolute Gasteiger partial charge is 0.194 e. The number of halogens is 5. The summed E-state index contributed by atoms with van der Waals surface area (Å²) in [5.74, 6) is -5.75. The number of hydrogen-bond donors (Lipinski definition) is 0. The van der Waals surface area contributed by atoms with Gasteiger partial charge in [-0.2, -0.15) is 0 Å². The summed E-state index contributed by atoms with van der Waals surface area (Å²) in [5, 5.41) is 1.72. The van der Waals surface area contributed by atoms with Crippen LogP contribution in [0.5, 0.6) is 0 Å². The first-order valence-electron chi connectivity index (χ1n) is 9.14. The van der Waals surface area contributed by atoms with E-state index in [0.29, 0.717) is 12.0 Å². The second-order valence-electron chi connectivity index (χ2n) is 6.98. The molecule has 3 aromatic carbocycles. The van der Waals surface area contributed by atoms with Gasteiger partial charge in [0.1, 0.15) is 11.6 Å². The van der Waals surface area contributed by atoms with Crippen molar-refractivity contribution in [2.75, 3.05) is 0 Å². The molecule has 0 fully saturated rings. The van der Waals surface area contributed by atoms with Crippen molar-refractivity contribution in [3.05, 3.63) is 112 Å². The van der Waals surface area contributed by atoms with Gasteiger partial charge in [-0.25, -0.2) is 22.0 Å². The quantitative estimate of drug-likeness (QED) is 0.369. The molecule has 0 heterocycles. The molecule has 150 valence electrons. The molecule has 4 rings (SSSR count). The zero-order valence-corrected chi connectivity index (χ0v) is 15.7. The Labute approximate surface area is 169 Å². The third kappa shape index (κ3) is 3.71. The van der Waals surface area contributed by atoms with Gasteiger partial charge in [0, 0.05) is 11.1 Å². The lowest BCUT2D eigenvalue weighted by atomic mass is 9.93.